The number of rotatable bonds is 3. The number of aliphatic carboxylic acids is 1. The Hall–Kier alpha value is -1.26. The van der Waals surface area contributed by atoms with Crippen molar-refractivity contribution in [3.63, 3.8) is 0 Å². The van der Waals surface area contributed by atoms with Crippen molar-refractivity contribution in [2.24, 2.45) is 5.41 Å². The molecule has 16 heavy (non-hydrogen) atoms. The van der Waals surface area contributed by atoms with E-state index in [-0.39, 0.29) is 11.5 Å². The van der Waals surface area contributed by atoms with Crippen molar-refractivity contribution in [1.82, 2.24) is 10.6 Å². The summed E-state index contributed by atoms with van der Waals surface area (Å²) in [7, 11) is 0. The first kappa shape index (κ1) is 12.8. The number of carboxylic acids is 1. The van der Waals surface area contributed by atoms with Gasteiger partial charge in [0.1, 0.15) is 6.04 Å². The Kier molecular flexibility index (Phi) is 3.78. The number of nitrogens with one attached hydrogen (secondary N) is 2. The minimum atomic E-state index is -1.03. The van der Waals surface area contributed by atoms with Gasteiger partial charge >= 0.3 is 12.0 Å². The lowest BCUT2D eigenvalue weighted by Crippen LogP contribution is -2.47. The summed E-state index contributed by atoms with van der Waals surface area (Å²) in [6.07, 6.45) is 3.00. The van der Waals surface area contributed by atoms with E-state index in [2.05, 4.69) is 24.5 Å². The van der Waals surface area contributed by atoms with Gasteiger partial charge < -0.3 is 15.7 Å². The smallest absolute Gasteiger partial charge is 0.325 e. The van der Waals surface area contributed by atoms with E-state index in [9.17, 15) is 9.59 Å². The van der Waals surface area contributed by atoms with Gasteiger partial charge in [-0.25, -0.2) is 4.79 Å². The van der Waals surface area contributed by atoms with E-state index in [1.54, 1.807) is 0 Å². The van der Waals surface area contributed by atoms with Gasteiger partial charge in [0.2, 0.25) is 0 Å². The van der Waals surface area contributed by atoms with E-state index >= 15 is 0 Å². The van der Waals surface area contributed by atoms with E-state index in [1.807, 2.05) is 0 Å². The molecule has 5 heteroatoms. The van der Waals surface area contributed by atoms with Crippen LogP contribution in [0.3, 0.4) is 0 Å². The zero-order valence-corrected chi connectivity index (χ0v) is 10.0. The lowest BCUT2D eigenvalue weighted by Gasteiger charge is -2.18. The first-order valence-electron chi connectivity index (χ1n) is 5.60. The maximum atomic E-state index is 11.4. The van der Waals surface area contributed by atoms with Gasteiger partial charge in [-0.2, -0.15) is 0 Å². The molecule has 1 aliphatic rings. The Labute approximate surface area is 95.6 Å². The molecule has 1 aliphatic carbocycles. The number of carbonyl (C=O) groups is 2. The third-order valence-electron chi connectivity index (χ3n) is 3.02. The molecule has 0 aliphatic heterocycles. The summed E-state index contributed by atoms with van der Waals surface area (Å²) in [6, 6.07) is -1.08. The number of urea groups is 1. The molecule has 1 rings (SSSR count). The molecule has 2 atom stereocenters. The minimum absolute atomic E-state index is 0.163. The zero-order valence-electron chi connectivity index (χ0n) is 10.0. The lowest BCUT2D eigenvalue weighted by molar-refractivity contribution is -0.138. The molecule has 2 amide bonds. The van der Waals surface area contributed by atoms with Crippen LogP contribution in [-0.2, 0) is 4.79 Å². The maximum Gasteiger partial charge on any atom is 0.325 e. The third kappa shape index (κ3) is 3.72. The van der Waals surface area contributed by atoms with Crippen molar-refractivity contribution in [3.05, 3.63) is 0 Å². The van der Waals surface area contributed by atoms with Gasteiger partial charge in [-0.15, -0.1) is 0 Å². The van der Waals surface area contributed by atoms with E-state index in [1.165, 1.54) is 6.92 Å². The Balaban J connectivity index is 2.33. The van der Waals surface area contributed by atoms with E-state index in [0.29, 0.717) is 0 Å². The average molecular weight is 228 g/mol. The van der Waals surface area contributed by atoms with Crippen LogP contribution in [0.1, 0.15) is 40.0 Å². The standard InChI is InChI=1S/C11H20N2O3/c1-7(9(14)15)12-10(16)13-8-4-5-11(2,3)6-8/h7-8H,4-6H2,1-3H3,(H,14,15)(H2,12,13,16). The highest BCUT2D eigenvalue weighted by atomic mass is 16.4. The number of carbonyl (C=O) groups excluding carboxylic acids is 1. The molecule has 92 valence electrons. The molecule has 0 heterocycles. The van der Waals surface area contributed by atoms with Gasteiger partial charge in [0.05, 0.1) is 0 Å². The predicted octanol–water partition coefficient (Wildman–Crippen LogP) is 1.34. The molecule has 0 aromatic carbocycles. The topological polar surface area (TPSA) is 78.4 Å². The Morgan fingerprint density at radius 3 is 2.50 bits per heavy atom. The second-order valence-electron chi connectivity index (χ2n) is 5.28. The van der Waals surface area contributed by atoms with Crippen LogP contribution < -0.4 is 10.6 Å². The van der Waals surface area contributed by atoms with Crippen LogP contribution in [0.4, 0.5) is 4.79 Å². The normalized spacial score (nSPS) is 24.8. The fourth-order valence-corrected chi connectivity index (χ4v) is 2.04. The van der Waals surface area contributed by atoms with Gasteiger partial charge in [0.25, 0.3) is 0 Å². The molecule has 2 unspecified atom stereocenters. The largest absolute Gasteiger partial charge is 0.480 e. The van der Waals surface area contributed by atoms with Crippen LogP contribution in [0.25, 0.3) is 0 Å². The summed E-state index contributed by atoms with van der Waals surface area (Å²) in [5.74, 6) is -1.03. The molecule has 0 aromatic rings. The van der Waals surface area contributed by atoms with E-state index < -0.39 is 18.0 Å². The maximum absolute atomic E-state index is 11.4. The summed E-state index contributed by atoms with van der Waals surface area (Å²) in [4.78, 5) is 22.0. The van der Waals surface area contributed by atoms with Crippen LogP contribution >= 0.6 is 0 Å². The summed E-state index contributed by atoms with van der Waals surface area (Å²) in [5, 5.41) is 13.8. The molecule has 0 bridgehead atoms. The molecule has 1 fully saturated rings. The molecule has 0 saturated heterocycles. The lowest BCUT2D eigenvalue weighted by atomic mass is 9.92. The Bertz CT molecular complexity index is 289. The Morgan fingerprint density at radius 2 is 2.06 bits per heavy atom. The summed E-state index contributed by atoms with van der Waals surface area (Å²) in [6.45, 7) is 5.79. The highest BCUT2D eigenvalue weighted by Gasteiger charge is 2.31. The van der Waals surface area contributed by atoms with Crippen LogP contribution in [0.2, 0.25) is 0 Å². The first-order valence-corrected chi connectivity index (χ1v) is 5.60. The van der Waals surface area contributed by atoms with Crippen molar-refractivity contribution < 1.29 is 14.7 Å². The highest BCUT2D eigenvalue weighted by Crippen LogP contribution is 2.36. The van der Waals surface area contributed by atoms with Gasteiger partial charge in [0, 0.05) is 6.04 Å². The van der Waals surface area contributed by atoms with Crippen LogP contribution in [-0.4, -0.2) is 29.2 Å². The fourth-order valence-electron chi connectivity index (χ4n) is 2.04. The van der Waals surface area contributed by atoms with Crippen LogP contribution in [0.15, 0.2) is 0 Å². The monoisotopic (exact) mass is 228 g/mol. The molecule has 5 nitrogen and oxygen atoms in total. The fraction of sp³-hybridized carbons (Fsp3) is 0.818. The highest BCUT2D eigenvalue weighted by molar-refractivity contribution is 5.82. The number of amides is 2. The van der Waals surface area contributed by atoms with Gasteiger partial charge in [-0.05, 0) is 31.6 Å². The van der Waals surface area contributed by atoms with Gasteiger partial charge in [-0.3, -0.25) is 4.79 Å². The van der Waals surface area contributed by atoms with Crippen molar-refractivity contribution in [1.29, 1.82) is 0 Å². The summed E-state index contributed by atoms with van der Waals surface area (Å²) in [5.41, 5.74) is 0.274. The minimum Gasteiger partial charge on any atom is -0.480 e. The predicted molar refractivity (Wildman–Crippen MR) is 60.2 cm³/mol. The molecule has 0 radical (unpaired) electrons. The van der Waals surface area contributed by atoms with Crippen LogP contribution in [0.5, 0.6) is 0 Å². The quantitative estimate of drug-likeness (QED) is 0.682. The summed E-state index contributed by atoms with van der Waals surface area (Å²) < 4.78 is 0. The van der Waals surface area contributed by atoms with Crippen molar-refractivity contribution in [2.45, 2.75) is 52.1 Å². The number of carboxylic acid groups (broad SMARTS) is 1. The average Bonchev–Trinajstić information content (AvgIpc) is 2.44. The number of hydrogen-bond donors (Lipinski definition) is 3. The SMILES string of the molecule is CC(NC(=O)NC1CCC(C)(C)C1)C(=O)O. The molecule has 0 spiro atoms. The van der Waals surface area contributed by atoms with E-state index in [0.717, 1.165) is 19.3 Å². The van der Waals surface area contributed by atoms with Crippen LogP contribution in [0, 0.1) is 5.41 Å². The number of hydrogen-bond acceptors (Lipinski definition) is 2. The molecule has 1 saturated carbocycles. The molecule has 3 N–H and O–H groups in total. The van der Waals surface area contributed by atoms with Crippen molar-refractivity contribution in [2.75, 3.05) is 0 Å². The first-order chi connectivity index (χ1) is 7.30. The Morgan fingerprint density at radius 1 is 1.44 bits per heavy atom. The van der Waals surface area contributed by atoms with E-state index in [4.69, 9.17) is 5.11 Å². The second kappa shape index (κ2) is 4.72. The zero-order chi connectivity index (χ0) is 12.3. The molecular formula is C11H20N2O3. The van der Waals surface area contributed by atoms with Crippen molar-refractivity contribution >= 4 is 12.0 Å². The molecule has 0 aromatic heterocycles. The second-order valence-corrected chi connectivity index (χ2v) is 5.28. The van der Waals surface area contributed by atoms with Crippen molar-refractivity contribution in [3.8, 4) is 0 Å². The van der Waals surface area contributed by atoms with Gasteiger partial charge in [-0.1, -0.05) is 13.8 Å². The molecular weight excluding hydrogens is 208 g/mol. The summed E-state index contributed by atoms with van der Waals surface area (Å²) >= 11 is 0. The third-order valence-corrected chi connectivity index (χ3v) is 3.02. The van der Waals surface area contributed by atoms with Gasteiger partial charge in [0.15, 0.2) is 0 Å².